The van der Waals surface area contributed by atoms with Crippen molar-refractivity contribution in [2.24, 2.45) is 0 Å². The van der Waals surface area contributed by atoms with Crippen molar-refractivity contribution >= 4 is 26.0 Å². The lowest BCUT2D eigenvalue weighted by Crippen LogP contribution is -2.63. The van der Waals surface area contributed by atoms with E-state index in [4.69, 9.17) is 47.4 Å². The van der Waals surface area contributed by atoms with Crippen molar-refractivity contribution in [3.8, 4) is 0 Å². The molecule has 8 rings (SSSR count). The molecular formula is C59H64O13Si. The van der Waals surface area contributed by atoms with Crippen LogP contribution in [0.15, 0.2) is 182 Å². The molecule has 0 bridgehead atoms. The van der Waals surface area contributed by atoms with E-state index in [0.29, 0.717) is 12.2 Å². The molecule has 2 aliphatic rings. The molecule has 2 saturated heterocycles. The number of rotatable bonds is 23. The summed E-state index contributed by atoms with van der Waals surface area (Å²) in [4.78, 5) is 41.5. The van der Waals surface area contributed by atoms with Gasteiger partial charge in [-0.3, -0.25) is 0 Å². The van der Waals surface area contributed by atoms with Crippen molar-refractivity contribution in [2.75, 3.05) is 19.8 Å². The number of ether oxygens (including phenoxy) is 10. The number of benzene rings is 6. The third-order valence-electron chi connectivity index (χ3n) is 12.4. The molecule has 0 aromatic heterocycles. The number of esters is 3. The summed E-state index contributed by atoms with van der Waals surface area (Å²) in [5.41, 5.74) is 3.63. The van der Waals surface area contributed by atoms with Gasteiger partial charge in [0.05, 0.1) is 43.1 Å². The van der Waals surface area contributed by atoms with Crippen LogP contribution in [-0.2, 0) is 67.2 Å². The molecule has 382 valence electrons. The lowest BCUT2D eigenvalue weighted by Gasteiger charge is -2.48. The summed E-state index contributed by atoms with van der Waals surface area (Å²) in [7, 11) is -1.56. The first kappa shape index (κ1) is 53.0. The van der Waals surface area contributed by atoms with Gasteiger partial charge in [0.1, 0.15) is 43.2 Å². The van der Waals surface area contributed by atoms with E-state index in [-0.39, 0.29) is 44.0 Å². The Kier molecular flexibility index (Phi) is 19.3. The van der Waals surface area contributed by atoms with Crippen LogP contribution >= 0.6 is 0 Å². The normalized spacial score (nSPS) is 23.0. The van der Waals surface area contributed by atoms with E-state index >= 15 is 0 Å². The molecule has 0 aliphatic carbocycles. The van der Waals surface area contributed by atoms with Gasteiger partial charge in [0.2, 0.25) is 0 Å². The van der Waals surface area contributed by atoms with Crippen LogP contribution in [0.3, 0.4) is 0 Å². The summed E-state index contributed by atoms with van der Waals surface area (Å²) in [6.07, 6.45) is -9.45. The highest BCUT2D eigenvalue weighted by atomic mass is 28.3. The Balaban J connectivity index is 1.17. The highest BCUT2D eigenvalue weighted by Crippen LogP contribution is 2.36. The topological polar surface area (TPSA) is 144 Å². The highest BCUT2D eigenvalue weighted by molar-refractivity contribution is 6.76. The maximum Gasteiger partial charge on any atom is 0.338 e. The minimum absolute atomic E-state index is 0.0403. The van der Waals surface area contributed by atoms with E-state index in [1.807, 2.05) is 91.0 Å². The van der Waals surface area contributed by atoms with Gasteiger partial charge in [-0.25, -0.2) is 14.4 Å². The first-order chi connectivity index (χ1) is 35.6. The molecule has 6 aromatic rings. The molecule has 73 heavy (non-hydrogen) atoms. The number of carbonyl (C=O) groups is 3. The molecule has 0 amide bonds. The zero-order valence-corrected chi connectivity index (χ0v) is 42.5. The Morgan fingerprint density at radius 3 is 1.45 bits per heavy atom. The Bertz CT molecular complexity index is 2590. The average molecular weight is 1010 g/mol. The standard InChI is InChI=1S/C59H64O13Si/c1-73(2,3)35-34-64-59-55(66-39-44-26-14-6-15-27-44)54(65-38-43-24-12-5-13-25-43)53(49(70-59)40-63-37-42-22-10-4-11-23-42)71-51-36-48(69-57(61)46-30-18-8-19-31-46)52(72-58(62)47-32-20-9-21-33-47)50(68-51)41-67-56(60)45-28-16-7-17-29-45/h4-33,48-55,59H,34-41H2,1-3H3/t48-,49-,50-,51+,52-,53-,54+,55-,59-/m1/s1. The monoisotopic (exact) mass is 1010 g/mol. The van der Waals surface area contributed by atoms with Gasteiger partial charge in [-0.05, 0) is 59.1 Å². The molecule has 14 heteroatoms. The fourth-order valence-corrected chi connectivity index (χ4v) is 9.21. The van der Waals surface area contributed by atoms with Crippen LogP contribution in [0.1, 0.15) is 54.2 Å². The fraction of sp³-hybridized carbons (Fsp3) is 0.339. The minimum Gasteiger partial charge on any atom is -0.459 e. The molecule has 6 aromatic carbocycles. The average Bonchev–Trinajstić information content (AvgIpc) is 3.41. The van der Waals surface area contributed by atoms with Gasteiger partial charge in [0.15, 0.2) is 18.7 Å². The second-order valence-corrected chi connectivity index (χ2v) is 24.8. The summed E-state index contributed by atoms with van der Waals surface area (Å²) in [6.45, 7) is 7.57. The van der Waals surface area contributed by atoms with Crippen LogP contribution < -0.4 is 0 Å². The van der Waals surface area contributed by atoms with Gasteiger partial charge in [-0.2, -0.15) is 0 Å². The van der Waals surface area contributed by atoms with E-state index in [1.165, 1.54) is 0 Å². The summed E-state index contributed by atoms with van der Waals surface area (Å²) in [5, 5.41) is 0. The molecule has 13 nitrogen and oxygen atoms in total. The zero-order valence-electron chi connectivity index (χ0n) is 41.5. The Hall–Kier alpha value is -6.33. The summed E-state index contributed by atoms with van der Waals surface area (Å²) in [6, 6.07) is 55.7. The molecule has 0 saturated carbocycles. The van der Waals surface area contributed by atoms with Gasteiger partial charge in [0.25, 0.3) is 0 Å². The second-order valence-electron chi connectivity index (χ2n) is 19.2. The van der Waals surface area contributed by atoms with Crippen molar-refractivity contribution in [3.05, 3.63) is 215 Å². The number of hydrogen-bond donors (Lipinski definition) is 0. The van der Waals surface area contributed by atoms with Crippen LogP contribution in [0.25, 0.3) is 0 Å². The molecular weight excluding hydrogens is 945 g/mol. The molecule has 9 atom stereocenters. The third-order valence-corrected chi connectivity index (χ3v) is 14.1. The van der Waals surface area contributed by atoms with Crippen molar-refractivity contribution in [1.29, 1.82) is 0 Å². The third kappa shape index (κ3) is 15.8. The molecule has 0 unspecified atom stereocenters. The van der Waals surface area contributed by atoms with Gasteiger partial charge >= 0.3 is 17.9 Å². The Morgan fingerprint density at radius 1 is 0.479 bits per heavy atom. The minimum atomic E-state index is -1.56. The quantitative estimate of drug-likeness (QED) is 0.0342. The smallest absolute Gasteiger partial charge is 0.338 e. The van der Waals surface area contributed by atoms with Crippen molar-refractivity contribution in [1.82, 2.24) is 0 Å². The SMILES string of the molecule is C[Si](C)(C)CCO[C@@H]1O[C@H](COCc2ccccc2)[C@@H](O[C@H]2C[C@@H](OC(=O)c3ccccc3)[C@@H](OC(=O)c3ccccc3)[C@@H](COC(=O)c3ccccc3)O2)[C@H](OCc2ccccc2)[C@H]1OCc1ccccc1. The molecule has 2 aliphatic heterocycles. The first-order valence-corrected chi connectivity index (χ1v) is 28.5. The van der Waals surface area contributed by atoms with E-state index in [2.05, 4.69) is 19.6 Å². The fourth-order valence-electron chi connectivity index (χ4n) is 8.47. The van der Waals surface area contributed by atoms with Crippen LogP contribution in [0.2, 0.25) is 25.7 Å². The lowest BCUT2D eigenvalue weighted by molar-refractivity contribution is -0.354. The van der Waals surface area contributed by atoms with Crippen LogP contribution in [-0.4, -0.2) is 101 Å². The van der Waals surface area contributed by atoms with Crippen molar-refractivity contribution in [2.45, 2.75) is 107 Å². The van der Waals surface area contributed by atoms with Gasteiger partial charge < -0.3 is 47.4 Å². The molecule has 0 N–H and O–H groups in total. The summed E-state index contributed by atoms with van der Waals surface area (Å²) >= 11 is 0. The number of hydrogen-bond acceptors (Lipinski definition) is 13. The summed E-state index contributed by atoms with van der Waals surface area (Å²) < 4.78 is 66.3. The number of carbonyl (C=O) groups excluding carboxylic acids is 3. The maximum atomic E-state index is 14.0. The summed E-state index contributed by atoms with van der Waals surface area (Å²) in [5.74, 6) is -2.00. The van der Waals surface area contributed by atoms with Crippen molar-refractivity contribution < 1.29 is 61.8 Å². The van der Waals surface area contributed by atoms with Crippen molar-refractivity contribution in [3.63, 3.8) is 0 Å². The Labute approximate surface area is 428 Å². The largest absolute Gasteiger partial charge is 0.459 e. The molecule has 0 spiro atoms. The zero-order chi connectivity index (χ0) is 50.8. The van der Waals surface area contributed by atoms with Gasteiger partial charge in [0, 0.05) is 21.1 Å². The van der Waals surface area contributed by atoms with Gasteiger partial charge in [-0.15, -0.1) is 0 Å². The first-order valence-electron chi connectivity index (χ1n) is 24.8. The second kappa shape index (κ2) is 26.6. The van der Waals surface area contributed by atoms with Crippen LogP contribution in [0.4, 0.5) is 0 Å². The molecule has 0 radical (unpaired) electrons. The predicted molar refractivity (Wildman–Crippen MR) is 275 cm³/mol. The van der Waals surface area contributed by atoms with E-state index in [0.717, 1.165) is 22.7 Å². The van der Waals surface area contributed by atoms with E-state index in [9.17, 15) is 14.4 Å². The van der Waals surface area contributed by atoms with Crippen LogP contribution in [0, 0.1) is 0 Å². The Morgan fingerprint density at radius 2 is 0.932 bits per heavy atom. The predicted octanol–water partition coefficient (Wildman–Crippen LogP) is 10.3. The van der Waals surface area contributed by atoms with Gasteiger partial charge in [-0.1, -0.05) is 165 Å². The molecule has 2 fully saturated rings. The van der Waals surface area contributed by atoms with Crippen LogP contribution in [0.5, 0.6) is 0 Å². The van der Waals surface area contributed by atoms with E-state index in [1.54, 1.807) is 91.0 Å². The maximum absolute atomic E-state index is 14.0. The highest BCUT2D eigenvalue weighted by Gasteiger charge is 2.52. The molecule has 2 heterocycles. The lowest BCUT2D eigenvalue weighted by atomic mass is 9.97. The van der Waals surface area contributed by atoms with E-state index < -0.39 is 87.9 Å².